The van der Waals surface area contributed by atoms with E-state index < -0.39 is 0 Å². The Balaban J connectivity index is 1.38. The largest absolute Gasteiger partial charge is 0.356 e. The maximum atomic E-state index is 12.7. The lowest BCUT2D eigenvalue weighted by molar-refractivity contribution is -0.135. The summed E-state index contributed by atoms with van der Waals surface area (Å²) in [5.74, 6) is 2.27. The summed E-state index contributed by atoms with van der Waals surface area (Å²) in [5, 5.41) is 7.06. The van der Waals surface area contributed by atoms with Crippen molar-refractivity contribution in [3.05, 3.63) is 0 Å². The minimum atomic E-state index is 0.281. The maximum Gasteiger partial charge on any atom is 0.225 e. The lowest BCUT2D eigenvalue weighted by atomic mass is 9.88. The van der Waals surface area contributed by atoms with Crippen LogP contribution in [-0.4, -0.2) is 74.0 Å². The van der Waals surface area contributed by atoms with E-state index >= 15 is 0 Å². The van der Waals surface area contributed by atoms with Gasteiger partial charge >= 0.3 is 0 Å². The first-order valence-corrected chi connectivity index (χ1v) is 11.2. The molecule has 6 heteroatoms. The van der Waals surface area contributed by atoms with E-state index in [1.54, 1.807) is 0 Å². The minimum Gasteiger partial charge on any atom is -0.356 e. The van der Waals surface area contributed by atoms with Gasteiger partial charge in [-0.05, 0) is 51.1 Å². The van der Waals surface area contributed by atoms with Gasteiger partial charge < -0.3 is 20.4 Å². The molecule has 2 unspecified atom stereocenters. The van der Waals surface area contributed by atoms with E-state index in [1.165, 1.54) is 51.7 Å². The Morgan fingerprint density at radius 3 is 2.63 bits per heavy atom. The normalized spacial score (nSPS) is 27.9. The number of likely N-dealkylation sites (tertiary alicyclic amines) is 2. The molecule has 0 radical (unpaired) electrons. The van der Waals surface area contributed by atoms with Crippen molar-refractivity contribution in [2.75, 3.05) is 46.3 Å². The number of guanidine groups is 1. The molecule has 3 fully saturated rings. The second-order valence-electron chi connectivity index (χ2n) is 8.66. The number of amides is 1. The van der Waals surface area contributed by atoms with Gasteiger partial charge in [-0.1, -0.05) is 26.2 Å². The molecular formula is C21H39N5O. The molecule has 2 heterocycles. The van der Waals surface area contributed by atoms with Crippen LogP contribution < -0.4 is 10.6 Å². The molecule has 0 aromatic heterocycles. The average Bonchev–Trinajstić information content (AvgIpc) is 3.35. The number of carbonyl (C=O) groups is 1. The van der Waals surface area contributed by atoms with Crippen LogP contribution in [0.5, 0.6) is 0 Å². The van der Waals surface area contributed by atoms with Crippen molar-refractivity contribution in [2.45, 2.75) is 64.3 Å². The van der Waals surface area contributed by atoms with Crippen LogP contribution in [-0.2, 0) is 4.79 Å². The molecule has 6 nitrogen and oxygen atoms in total. The molecule has 27 heavy (non-hydrogen) atoms. The molecule has 0 aromatic carbocycles. The standard InChI is InChI=1S/C21H39N5O/c1-3-11-25-12-9-17(15-25)14-23-21(22-2)24-19-10-13-26(16-19)20(27)18-7-5-4-6-8-18/h17-19H,3-16H2,1-2H3,(H2,22,23,24). The smallest absolute Gasteiger partial charge is 0.225 e. The van der Waals surface area contributed by atoms with Gasteiger partial charge in [-0.25, -0.2) is 0 Å². The monoisotopic (exact) mass is 377 g/mol. The molecule has 2 atom stereocenters. The second kappa shape index (κ2) is 10.3. The van der Waals surface area contributed by atoms with Crippen LogP contribution in [0.1, 0.15) is 58.3 Å². The van der Waals surface area contributed by atoms with E-state index in [9.17, 15) is 4.79 Å². The van der Waals surface area contributed by atoms with Crippen LogP contribution in [0.3, 0.4) is 0 Å². The highest BCUT2D eigenvalue weighted by atomic mass is 16.2. The van der Waals surface area contributed by atoms with Crippen molar-refractivity contribution in [3.8, 4) is 0 Å². The van der Waals surface area contributed by atoms with Gasteiger partial charge in [0.2, 0.25) is 5.91 Å². The zero-order chi connectivity index (χ0) is 19.1. The Hall–Kier alpha value is -1.30. The highest BCUT2D eigenvalue weighted by Gasteiger charge is 2.32. The molecule has 3 aliphatic rings. The first-order valence-electron chi connectivity index (χ1n) is 11.2. The molecule has 1 saturated carbocycles. The van der Waals surface area contributed by atoms with Crippen LogP contribution in [0.2, 0.25) is 0 Å². The van der Waals surface area contributed by atoms with E-state index in [4.69, 9.17) is 0 Å². The predicted octanol–water partition coefficient (Wildman–Crippen LogP) is 2.06. The molecular weight excluding hydrogens is 338 g/mol. The van der Waals surface area contributed by atoms with E-state index in [2.05, 4.69) is 32.3 Å². The fourth-order valence-electron chi connectivity index (χ4n) is 4.91. The summed E-state index contributed by atoms with van der Waals surface area (Å²) in [5.41, 5.74) is 0. The molecule has 3 rings (SSSR count). The van der Waals surface area contributed by atoms with Crippen molar-refractivity contribution >= 4 is 11.9 Å². The lowest BCUT2D eigenvalue weighted by Crippen LogP contribution is -2.46. The molecule has 0 bridgehead atoms. The maximum absolute atomic E-state index is 12.7. The zero-order valence-electron chi connectivity index (χ0n) is 17.4. The Bertz CT molecular complexity index is 503. The third-order valence-corrected chi connectivity index (χ3v) is 6.49. The molecule has 2 saturated heterocycles. The second-order valence-corrected chi connectivity index (χ2v) is 8.66. The quantitative estimate of drug-likeness (QED) is 0.549. The lowest BCUT2D eigenvalue weighted by Gasteiger charge is -2.26. The number of carbonyl (C=O) groups excluding carboxylic acids is 1. The van der Waals surface area contributed by atoms with Crippen LogP contribution in [0, 0.1) is 11.8 Å². The number of hydrogen-bond donors (Lipinski definition) is 2. The fourth-order valence-corrected chi connectivity index (χ4v) is 4.91. The molecule has 2 N–H and O–H groups in total. The van der Waals surface area contributed by atoms with Gasteiger partial charge in [0.25, 0.3) is 0 Å². The fraction of sp³-hybridized carbons (Fsp3) is 0.905. The first kappa shape index (κ1) is 20.4. The third-order valence-electron chi connectivity index (χ3n) is 6.49. The number of nitrogens with one attached hydrogen (secondary N) is 2. The van der Waals surface area contributed by atoms with Crippen molar-refractivity contribution in [2.24, 2.45) is 16.8 Å². The molecule has 0 aromatic rings. The van der Waals surface area contributed by atoms with Crippen LogP contribution in [0.15, 0.2) is 4.99 Å². The van der Waals surface area contributed by atoms with Crippen molar-refractivity contribution < 1.29 is 4.79 Å². The number of rotatable bonds is 6. The summed E-state index contributed by atoms with van der Waals surface area (Å²) in [6.07, 6.45) is 9.46. The SMILES string of the molecule is CCCN1CCC(CNC(=NC)NC2CCN(C(=O)C3CCCCC3)C2)C1. The molecule has 1 amide bonds. The van der Waals surface area contributed by atoms with E-state index in [0.717, 1.165) is 44.9 Å². The van der Waals surface area contributed by atoms with Gasteiger partial charge in [-0.2, -0.15) is 0 Å². The molecule has 0 spiro atoms. The van der Waals surface area contributed by atoms with Crippen LogP contribution in [0.25, 0.3) is 0 Å². The van der Waals surface area contributed by atoms with Crippen molar-refractivity contribution in [1.29, 1.82) is 0 Å². The molecule has 154 valence electrons. The minimum absolute atomic E-state index is 0.281. The van der Waals surface area contributed by atoms with Gasteiger partial charge in [-0.15, -0.1) is 0 Å². The highest BCUT2D eigenvalue weighted by molar-refractivity contribution is 5.81. The predicted molar refractivity (Wildman–Crippen MR) is 111 cm³/mol. The van der Waals surface area contributed by atoms with Gasteiger partial charge in [0.15, 0.2) is 5.96 Å². The number of nitrogens with zero attached hydrogens (tertiary/aromatic N) is 3. The highest BCUT2D eigenvalue weighted by Crippen LogP contribution is 2.26. The van der Waals surface area contributed by atoms with E-state index in [-0.39, 0.29) is 5.92 Å². The van der Waals surface area contributed by atoms with Gasteiger partial charge in [0.1, 0.15) is 0 Å². The van der Waals surface area contributed by atoms with Gasteiger partial charge in [0.05, 0.1) is 0 Å². The zero-order valence-corrected chi connectivity index (χ0v) is 17.4. The van der Waals surface area contributed by atoms with Crippen LogP contribution >= 0.6 is 0 Å². The summed E-state index contributed by atoms with van der Waals surface area (Å²) in [7, 11) is 1.84. The summed E-state index contributed by atoms with van der Waals surface area (Å²) < 4.78 is 0. The summed E-state index contributed by atoms with van der Waals surface area (Å²) in [6.45, 7) is 8.59. The van der Waals surface area contributed by atoms with Crippen molar-refractivity contribution in [1.82, 2.24) is 20.4 Å². The van der Waals surface area contributed by atoms with Gasteiger partial charge in [-0.3, -0.25) is 9.79 Å². The van der Waals surface area contributed by atoms with Crippen molar-refractivity contribution in [3.63, 3.8) is 0 Å². The third kappa shape index (κ3) is 5.84. The Kier molecular flexibility index (Phi) is 7.80. The topological polar surface area (TPSA) is 60.0 Å². The van der Waals surface area contributed by atoms with E-state index in [0.29, 0.717) is 17.9 Å². The van der Waals surface area contributed by atoms with E-state index in [1.807, 2.05) is 7.05 Å². The number of hydrogen-bond acceptors (Lipinski definition) is 3. The molecule has 1 aliphatic carbocycles. The van der Waals surface area contributed by atoms with Gasteiger partial charge in [0, 0.05) is 45.2 Å². The first-order chi connectivity index (χ1) is 13.2. The summed E-state index contributed by atoms with van der Waals surface area (Å²) >= 11 is 0. The Morgan fingerprint density at radius 2 is 1.89 bits per heavy atom. The number of aliphatic imine (C=N–C) groups is 1. The summed E-state index contributed by atoms with van der Waals surface area (Å²) in [6, 6.07) is 0.323. The summed E-state index contributed by atoms with van der Waals surface area (Å²) in [4.78, 5) is 21.8. The Morgan fingerprint density at radius 1 is 1.07 bits per heavy atom. The average molecular weight is 378 g/mol. The van der Waals surface area contributed by atoms with Crippen LogP contribution in [0.4, 0.5) is 0 Å². The Labute approximate surface area is 165 Å². The molecule has 2 aliphatic heterocycles.